The van der Waals surface area contributed by atoms with Crippen molar-refractivity contribution in [1.82, 2.24) is 15.2 Å². The summed E-state index contributed by atoms with van der Waals surface area (Å²) in [6.07, 6.45) is 1.71. The summed E-state index contributed by atoms with van der Waals surface area (Å²) in [6, 6.07) is 9.78. The predicted octanol–water partition coefficient (Wildman–Crippen LogP) is 2.30. The molecule has 0 unspecified atom stereocenters. The molecule has 2 aromatic heterocycles. The molecule has 3 rings (SSSR count). The number of carbonyl (C=O) groups excluding carboxylic acids is 1. The lowest BCUT2D eigenvalue weighted by molar-refractivity contribution is 0.0996. The first-order valence-electron chi connectivity index (χ1n) is 5.59. The fourth-order valence-corrected chi connectivity index (χ4v) is 2.54. The van der Waals surface area contributed by atoms with Crippen molar-refractivity contribution in [3.63, 3.8) is 0 Å². The van der Waals surface area contributed by atoms with E-state index >= 15 is 0 Å². The largest absolute Gasteiger partial charge is 0.364 e. The van der Waals surface area contributed by atoms with E-state index in [0.717, 1.165) is 21.8 Å². The monoisotopic (exact) mass is 270 g/mol. The molecule has 94 valence electrons. The standard InChI is InChI=1S/C13H10N4OS/c14-12(18)11-7-19-13(16-11)9-3-1-8(2-4-9)10-5-6-15-17-10/h1-7H,(H2,14,18)(H,15,17). The first kappa shape index (κ1) is 11.6. The molecule has 0 bridgehead atoms. The zero-order chi connectivity index (χ0) is 13.2. The summed E-state index contributed by atoms with van der Waals surface area (Å²) < 4.78 is 0. The number of benzene rings is 1. The maximum Gasteiger partial charge on any atom is 0.268 e. The second-order valence-electron chi connectivity index (χ2n) is 3.95. The minimum atomic E-state index is -0.503. The van der Waals surface area contributed by atoms with Crippen LogP contribution in [0.15, 0.2) is 41.9 Å². The molecule has 3 aromatic rings. The second-order valence-corrected chi connectivity index (χ2v) is 4.81. The van der Waals surface area contributed by atoms with Gasteiger partial charge in [0.15, 0.2) is 0 Å². The van der Waals surface area contributed by atoms with Gasteiger partial charge in [0, 0.05) is 17.1 Å². The fraction of sp³-hybridized carbons (Fsp3) is 0. The molecule has 0 atom stereocenters. The molecule has 5 nitrogen and oxygen atoms in total. The number of nitrogens with zero attached hydrogens (tertiary/aromatic N) is 2. The van der Waals surface area contributed by atoms with E-state index < -0.39 is 5.91 Å². The van der Waals surface area contributed by atoms with Crippen LogP contribution in [0.2, 0.25) is 0 Å². The van der Waals surface area contributed by atoms with Gasteiger partial charge in [-0.3, -0.25) is 9.89 Å². The number of H-pyrrole nitrogens is 1. The highest BCUT2D eigenvalue weighted by Gasteiger charge is 2.08. The number of aromatic nitrogens is 3. The molecule has 0 spiro atoms. The van der Waals surface area contributed by atoms with E-state index in [1.165, 1.54) is 11.3 Å². The third-order valence-corrected chi connectivity index (χ3v) is 3.59. The molecule has 0 aliphatic carbocycles. The summed E-state index contributed by atoms with van der Waals surface area (Å²) in [5, 5.41) is 9.27. The minimum Gasteiger partial charge on any atom is -0.364 e. The number of amides is 1. The van der Waals surface area contributed by atoms with Gasteiger partial charge < -0.3 is 5.73 Å². The van der Waals surface area contributed by atoms with Gasteiger partial charge in [-0.05, 0) is 11.6 Å². The number of hydrogen-bond acceptors (Lipinski definition) is 4. The van der Waals surface area contributed by atoms with Crippen LogP contribution in [0.3, 0.4) is 0 Å². The van der Waals surface area contributed by atoms with E-state index in [4.69, 9.17) is 5.73 Å². The number of hydrogen-bond donors (Lipinski definition) is 2. The van der Waals surface area contributed by atoms with Crippen LogP contribution in [0.25, 0.3) is 21.8 Å². The molecule has 0 saturated heterocycles. The highest BCUT2D eigenvalue weighted by molar-refractivity contribution is 7.13. The van der Waals surface area contributed by atoms with Gasteiger partial charge in [0.1, 0.15) is 10.7 Å². The van der Waals surface area contributed by atoms with Crippen molar-refractivity contribution in [3.8, 4) is 21.8 Å². The van der Waals surface area contributed by atoms with Crippen LogP contribution >= 0.6 is 11.3 Å². The van der Waals surface area contributed by atoms with E-state index in [1.54, 1.807) is 11.6 Å². The van der Waals surface area contributed by atoms with E-state index in [0.29, 0.717) is 5.69 Å². The van der Waals surface area contributed by atoms with Crippen LogP contribution in [-0.2, 0) is 0 Å². The van der Waals surface area contributed by atoms with Gasteiger partial charge in [0.25, 0.3) is 5.91 Å². The highest BCUT2D eigenvalue weighted by atomic mass is 32.1. The third-order valence-electron chi connectivity index (χ3n) is 2.70. The molecule has 0 fully saturated rings. The molecular weight excluding hydrogens is 260 g/mol. The summed E-state index contributed by atoms with van der Waals surface area (Å²) >= 11 is 1.40. The van der Waals surface area contributed by atoms with Crippen molar-refractivity contribution >= 4 is 17.2 Å². The van der Waals surface area contributed by atoms with Crippen molar-refractivity contribution in [2.75, 3.05) is 0 Å². The van der Waals surface area contributed by atoms with Gasteiger partial charge in [0.05, 0.1) is 5.69 Å². The minimum absolute atomic E-state index is 0.303. The van der Waals surface area contributed by atoms with Gasteiger partial charge >= 0.3 is 0 Å². The molecule has 0 saturated carbocycles. The zero-order valence-corrected chi connectivity index (χ0v) is 10.6. The Balaban J connectivity index is 1.91. The number of rotatable bonds is 3. The average molecular weight is 270 g/mol. The summed E-state index contributed by atoms with van der Waals surface area (Å²) in [6.45, 7) is 0. The van der Waals surface area contributed by atoms with Crippen molar-refractivity contribution in [2.45, 2.75) is 0 Å². The maximum atomic E-state index is 11.0. The Hall–Kier alpha value is -2.47. The Morgan fingerprint density at radius 3 is 2.47 bits per heavy atom. The number of aromatic amines is 1. The van der Waals surface area contributed by atoms with E-state index in [2.05, 4.69) is 15.2 Å². The summed E-state index contributed by atoms with van der Waals surface area (Å²) in [5.74, 6) is -0.503. The Morgan fingerprint density at radius 2 is 1.89 bits per heavy atom. The third kappa shape index (κ3) is 2.25. The lowest BCUT2D eigenvalue weighted by Crippen LogP contribution is -2.10. The smallest absolute Gasteiger partial charge is 0.268 e. The van der Waals surface area contributed by atoms with Gasteiger partial charge in [-0.2, -0.15) is 5.10 Å². The van der Waals surface area contributed by atoms with Crippen LogP contribution in [0.1, 0.15) is 10.5 Å². The number of thiazole rings is 1. The molecule has 6 heteroatoms. The van der Waals surface area contributed by atoms with Crippen LogP contribution in [0, 0.1) is 0 Å². The maximum absolute atomic E-state index is 11.0. The van der Waals surface area contributed by atoms with Crippen molar-refractivity contribution in [2.24, 2.45) is 5.73 Å². The molecule has 2 heterocycles. The molecule has 1 amide bonds. The molecule has 1 aromatic carbocycles. The lowest BCUT2D eigenvalue weighted by atomic mass is 10.1. The average Bonchev–Trinajstić information content (AvgIpc) is 3.11. The molecular formula is C13H10N4OS. The van der Waals surface area contributed by atoms with E-state index in [9.17, 15) is 4.79 Å². The predicted molar refractivity (Wildman–Crippen MR) is 73.6 cm³/mol. The lowest BCUT2D eigenvalue weighted by Gasteiger charge is -1.99. The number of primary amides is 1. The van der Waals surface area contributed by atoms with Crippen molar-refractivity contribution in [1.29, 1.82) is 0 Å². The number of nitrogens with two attached hydrogens (primary N) is 1. The van der Waals surface area contributed by atoms with Crippen LogP contribution < -0.4 is 5.73 Å². The molecule has 0 radical (unpaired) electrons. The Labute approximate surface area is 113 Å². The fourth-order valence-electron chi connectivity index (χ4n) is 1.73. The second kappa shape index (κ2) is 4.66. The Kier molecular flexibility index (Phi) is 2.85. The number of nitrogens with one attached hydrogen (secondary N) is 1. The Morgan fingerprint density at radius 1 is 1.16 bits per heavy atom. The van der Waals surface area contributed by atoms with Crippen LogP contribution in [-0.4, -0.2) is 21.1 Å². The first-order valence-corrected chi connectivity index (χ1v) is 6.47. The van der Waals surface area contributed by atoms with Crippen molar-refractivity contribution in [3.05, 3.63) is 47.6 Å². The van der Waals surface area contributed by atoms with Crippen LogP contribution in [0.5, 0.6) is 0 Å². The molecule has 3 N–H and O–H groups in total. The topological polar surface area (TPSA) is 84.7 Å². The molecule has 0 aliphatic heterocycles. The van der Waals surface area contributed by atoms with Gasteiger partial charge in [0.2, 0.25) is 0 Å². The molecule has 19 heavy (non-hydrogen) atoms. The van der Waals surface area contributed by atoms with Gasteiger partial charge in [-0.1, -0.05) is 24.3 Å². The summed E-state index contributed by atoms with van der Waals surface area (Å²) in [7, 11) is 0. The molecule has 0 aliphatic rings. The SMILES string of the molecule is NC(=O)c1csc(-c2ccc(-c3ccn[nH]3)cc2)n1. The Bertz CT molecular complexity index is 701. The van der Waals surface area contributed by atoms with Crippen molar-refractivity contribution < 1.29 is 4.79 Å². The van der Waals surface area contributed by atoms with Crippen LogP contribution in [0.4, 0.5) is 0 Å². The normalized spacial score (nSPS) is 10.5. The van der Waals surface area contributed by atoms with E-state index in [1.807, 2.05) is 30.3 Å². The summed E-state index contributed by atoms with van der Waals surface area (Å²) in [5.41, 5.74) is 8.46. The summed E-state index contributed by atoms with van der Waals surface area (Å²) in [4.78, 5) is 15.2. The highest BCUT2D eigenvalue weighted by Crippen LogP contribution is 2.26. The quantitative estimate of drug-likeness (QED) is 0.765. The number of carbonyl (C=O) groups is 1. The first-order chi connectivity index (χ1) is 9.24. The van der Waals surface area contributed by atoms with Gasteiger partial charge in [-0.25, -0.2) is 4.98 Å². The zero-order valence-electron chi connectivity index (χ0n) is 9.83. The van der Waals surface area contributed by atoms with E-state index in [-0.39, 0.29) is 0 Å². The van der Waals surface area contributed by atoms with Gasteiger partial charge in [-0.15, -0.1) is 11.3 Å².